The van der Waals surface area contributed by atoms with Crippen LogP contribution in [-0.4, -0.2) is 18.2 Å². The molecule has 3 nitrogen and oxygen atoms in total. The normalized spacial score (nSPS) is 23.2. The van der Waals surface area contributed by atoms with Gasteiger partial charge in [-0.15, -0.1) is 0 Å². The molecule has 7 heteroatoms. The number of carbonyl (C=O) groups is 1. The van der Waals surface area contributed by atoms with E-state index in [9.17, 15) is 22.4 Å². The van der Waals surface area contributed by atoms with Crippen molar-refractivity contribution < 1.29 is 22.4 Å². The monoisotopic (exact) mass is 332 g/mol. The Labute approximate surface area is 132 Å². The van der Waals surface area contributed by atoms with E-state index in [-0.39, 0.29) is 12.8 Å². The summed E-state index contributed by atoms with van der Waals surface area (Å²) in [6, 6.07) is 4.39. The van der Waals surface area contributed by atoms with Gasteiger partial charge in [-0.25, -0.2) is 9.18 Å². The van der Waals surface area contributed by atoms with Gasteiger partial charge in [0.15, 0.2) is 0 Å². The molecule has 0 bridgehead atoms. The van der Waals surface area contributed by atoms with Gasteiger partial charge in [0, 0.05) is 11.6 Å². The second kappa shape index (κ2) is 7.19. The number of urea groups is 1. The molecule has 23 heavy (non-hydrogen) atoms. The van der Waals surface area contributed by atoms with Crippen LogP contribution in [-0.2, 0) is 0 Å². The summed E-state index contributed by atoms with van der Waals surface area (Å²) in [5, 5.41) is 5.14. The van der Waals surface area contributed by atoms with Crippen LogP contribution in [0.1, 0.15) is 44.2 Å². The lowest BCUT2D eigenvalue weighted by molar-refractivity contribution is -0.183. The fourth-order valence-corrected chi connectivity index (χ4v) is 2.95. The fraction of sp³-hybridized carbons (Fsp3) is 0.562. The number of alkyl halides is 3. The molecule has 1 aliphatic carbocycles. The van der Waals surface area contributed by atoms with Crippen molar-refractivity contribution in [3.8, 4) is 0 Å². The molecule has 1 aliphatic rings. The first-order valence-corrected chi connectivity index (χ1v) is 7.65. The number of hydrogen-bond donors (Lipinski definition) is 2. The summed E-state index contributed by atoms with van der Waals surface area (Å²) in [7, 11) is 0. The Morgan fingerprint density at radius 3 is 2.61 bits per heavy atom. The summed E-state index contributed by atoms with van der Waals surface area (Å²) in [5.41, 5.74) is 0.333. The lowest BCUT2D eigenvalue weighted by Gasteiger charge is -2.31. The first kappa shape index (κ1) is 17.6. The molecule has 0 aliphatic heterocycles. The van der Waals surface area contributed by atoms with Crippen molar-refractivity contribution >= 4 is 6.03 Å². The molecule has 0 aromatic heterocycles. The molecule has 0 heterocycles. The van der Waals surface area contributed by atoms with Crippen LogP contribution in [0, 0.1) is 11.7 Å². The zero-order valence-electron chi connectivity index (χ0n) is 12.8. The van der Waals surface area contributed by atoms with Crippen LogP contribution >= 0.6 is 0 Å². The van der Waals surface area contributed by atoms with Gasteiger partial charge in [0.1, 0.15) is 5.82 Å². The molecular formula is C16H20F4N2O. The van der Waals surface area contributed by atoms with Crippen molar-refractivity contribution in [2.45, 2.75) is 50.9 Å². The molecular weight excluding hydrogens is 312 g/mol. The Bertz CT molecular complexity index is 547. The lowest BCUT2D eigenvalue weighted by Crippen LogP contribution is -2.46. The van der Waals surface area contributed by atoms with Gasteiger partial charge < -0.3 is 10.6 Å². The van der Waals surface area contributed by atoms with Crippen molar-refractivity contribution in [2.24, 2.45) is 5.92 Å². The molecule has 1 fully saturated rings. The van der Waals surface area contributed by atoms with Gasteiger partial charge in [0.05, 0.1) is 12.0 Å². The molecule has 0 unspecified atom stereocenters. The van der Waals surface area contributed by atoms with E-state index in [2.05, 4.69) is 10.6 Å². The number of carbonyl (C=O) groups excluding carboxylic acids is 1. The van der Waals surface area contributed by atoms with E-state index in [1.807, 2.05) is 0 Å². The van der Waals surface area contributed by atoms with Crippen molar-refractivity contribution in [2.75, 3.05) is 0 Å². The van der Waals surface area contributed by atoms with E-state index in [0.29, 0.717) is 18.4 Å². The molecule has 3 atom stereocenters. The van der Waals surface area contributed by atoms with Gasteiger partial charge in [-0.3, -0.25) is 0 Å². The molecule has 0 radical (unpaired) electrons. The van der Waals surface area contributed by atoms with Crippen LogP contribution in [0.2, 0.25) is 0 Å². The zero-order chi connectivity index (χ0) is 17.0. The number of halogens is 4. The number of nitrogens with one attached hydrogen (secondary N) is 2. The van der Waals surface area contributed by atoms with Crippen molar-refractivity contribution in [1.29, 1.82) is 0 Å². The Morgan fingerprint density at radius 2 is 1.96 bits per heavy atom. The van der Waals surface area contributed by atoms with Gasteiger partial charge in [-0.05, 0) is 32.3 Å². The second-order valence-electron chi connectivity index (χ2n) is 5.96. The van der Waals surface area contributed by atoms with E-state index in [1.54, 1.807) is 25.1 Å². The van der Waals surface area contributed by atoms with Gasteiger partial charge in [0.25, 0.3) is 0 Å². The zero-order valence-corrected chi connectivity index (χ0v) is 12.8. The first-order valence-electron chi connectivity index (χ1n) is 7.65. The number of benzene rings is 1. The minimum Gasteiger partial charge on any atom is -0.335 e. The minimum atomic E-state index is -4.22. The van der Waals surface area contributed by atoms with Crippen molar-refractivity contribution in [1.82, 2.24) is 10.6 Å². The highest BCUT2D eigenvalue weighted by molar-refractivity contribution is 5.74. The molecule has 2 rings (SSSR count). The topological polar surface area (TPSA) is 41.1 Å². The van der Waals surface area contributed by atoms with E-state index in [1.165, 1.54) is 6.07 Å². The van der Waals surface area contributed by atoms with Crippen LogP contribution < -0.4 is 10.6 Å². The Morgan fingerprint density at radius 1 is 1.26 bits per heavy atom. The minimum absolute atomic E-state index is 0.106. The molecule has 1 aromatic carbocycles. The molecule has 2 N–H and O–H groups in total. The van der Waals surface area contributed by atoms with Gasteiger partial charge >= 0.3 is 12.2 Å². The van der Waals surface area contributed by atoms with Crippen LogP contribution in [0.15, 0.2) is 24.3 Å². The Balaban J connectivity index is 1.88. The maximum absolute atomic E-state index is 13.6. The van der Waals surface area contributed by atoms with Crippen LogP contribution in [0.25, 0.3) is 0 Å². The van der Waals surface area contributed by atoms with E-state index >= 15 is 0 Å². The maximum Gasteiger partial charge on any atom is 0.391 e. The molecule has 1 saturated carbocycles. The third-order valence-corrected chi connectivity index (χ3v) is 4.19. The summed E-state index contributed by atoms with van der Waals surface area (Å²) < 4.78 is 51.9. The summed E-state index contributed by atoms with van der Waals surface area (Å²) in [4.78, 5) is 11.9. The van der Waals surface area contributed by atoms with Gasteiger partial charge in [0.2, 0.25) is 0 Å². The van der Waals surface area contributed by atoms with Gasteiger partial charge in [-0.1, -0.05) is 24.6 Å². The van der Waals surface area contributed by atoms with Gasteiger partial charge in [-0.2, -0.15) is 13.2 Å². The van der Waals surface area contributed by atoms with Crippen LogP contribution in [0.5, 0.6) is 0 Å². The quantitative estimate of drug-likeness (QED) is 0.796. The third-order valence-electron chi connectivity index (χ3n) is 4.19. The lowest BCUT2D eigenvalue weighted by atomic mass is 9.85. The average molecular weight is 332 g/mol. The fourth-order valence-electron chi connectivity index (χ4n) is 2.95. The smallest absolute Gasteiger partial charge is 0.335 e. The Hall–Kier alpha value is -1.79. The largest absolute Gasteiger partial charge is 0.391 e. The molecule has 2 amide bonds. The van der Waals surface area contributed by atoms with Crippen molar-refractivity contribution in [3.63, 3.8) is 0 Å². The SMILES string of the molecule is C[C@H](NC(=O)N[C@@H]1CCC[C@@H](C(F)(F)F)C1)c1ccccc1F. The predicted molar refractivity (Wildman–Crippen MR) is 78.3 cm³/mol. The summed E-state index contributed by atoms with van der Waals surface area (Å²) in [6.07, 6.45) is -3.27. The number of rotatable bonds is 3. The van der Waals surface area contributed by atoms with Crippen LogP contribution in [0.3, 0.4) is 0 Å². The third kappa shape index (κ3) is 4.84. The predicted octanol–water partition coefficient (Wildman–Crippen LogP) is 4.31. The summed E-state index contributed by atoms with van der Waals surface area (Å²) in [6.45, 7) is 1.62. The highest BCUT2D eigenvalue weighted by Crippen LogP contribution is 2.37. The molecule has 0 saturated heterocycles. The van der Waals surface area contributed by atoms with E-state index in [0.717, 1.165) is 0 Å². The molecule has 128 valence electrons. The number of amides is 2. The highest BCUT2D eigenvalue weighted by Gasteiger charge is 2.42. The Kier molecular flexibility index (Phi) is 5.49. The highest BCUT2D eigenvalue weighted by atomic mass is 19.4. The standard InChI is InChI=1S/C16H20F4N2O/c1-10(13-7-2-3-8-14(13)17)21-15(23)22-12-6-4-5-11(9-12)16(18,19)20/h2-3,7-8,10-12H,4-6,9H2,1H3,(H2,21,22,23)/t10-,11+,12+/m0/s1. The maximum atomic E-state index is 13.6. The number of hydrogen-bond acceptors (Lipinski definition) is 1. The first-order chi connectivity index (χ1) is 10.8. The molecule has 1 aromatic rings. The van der Waals surface area contributed by atoms with Crippen LogP contribution in [0.4, 0.5) is 22.4 Å². The van der Waals surface area contributed by atoms with E-state index in [4.69, 9.17) is 0 Å². The summed E-state index contributed by atoms with van der Waals surface area (Å²) in [5.74, 6) is -1.80. The van der Waals surface area contributed by atoms with Crippen molar-refractivity contribution in [3.05, 3.63) is 35.6 Å². The second-order valence-corrected chi connectivity index (χ2v) is 5.96. The van der Waals surface area contributed by atoms with E-state index < -0.39 is 36.0 Å². The average Bonchev–Trinajstić information content (AvgIpc) is 2.46. The summed E-state index contributed by atoms with van der Waals surface area (Å²) >= 11 is 0. The molecule has 0 spiro atoms.